The molecule has 0 N–H and O–H groups in total. The SMILES string of the molecule is Clc1cccc(-c2nc3ccccc3c3ccccc23)c1. The Balaban J connectivity index is 2.16. The summed E-state index contributed by atoms with van der Waals surface area (Å²) >= 11 is 6.14. The van der Waals surface area contributed by atoms with Crippen molar-refractivity contribution in [3.8, 4) is 11.3 Å². The fraction of sp³-hybridized carbons (Fsp3) is 0. The maximum absolute atomic E-state index is 6.14. The van der Waals surface area contributed by atoms with Crippen LogP contribution in [0.1, 0.15) is 0 Å². The predicted molar refractivity (Wildman–Crippen MR) is 89.7 cm³/mol. The smallest absolute Gasteiger partial charge is 0.0788 e. The summed E-state index contributed by atoms with van der Waals surface area (Å²) in [6.45, 7) is 0. The number of halogens is 1. The van der Waals surface area contributed by atoms with Gasteiger partial charge >= 0.3 is 0 Å². The molecule has 0 unspecified atom stereocenters. The first-order valence-corrected chi connectivity index (χ1v) is 7.24. The van der Waals surface area contributed by atoms with Gasteiger partial charge in [0.05, 0.1) is 11.2 Å². The Labute approximate surface area is 127 Å². The molecule has 3 aromatic carbocycles. The molecule has 0 bridgehead atoms. The van der Waals surface area contributed by atoms with Crippen molar-refractivity contribution in [2.75, 3.05) is 0 Å². The maximum Gasteiger partial charge on any atom is 0.0788 e. The van der Waals surface area contributed by atoms with E-state index in [0.717, 1.165) is 27.2 Å². The third-order valence-electron chi connectivity index (χ3n) is 3.71. The van der Waals surface area contributed by atoms with Crippen molar-refractivity contribution in [3.63, 3.8) is 0 Å². The van der Waals surface area contributed by atoms with Crippen molar-refractivity contribution in [1.82, 2.24) is 4.98 Å². The molecule has 21 heavy (non-hydrogen) atoms. The summed E-state index contributed by atoms with van der Waals surface area (Å²) in [6, 6.07) is 24.5. The minimum atomic E-state index is 0.728. The van der Waals surface area contributed by atoms with Crippen molar-refractivity contribution in [2.24, 2.45) is 0 Å². The Morgan fingerprint density at radius 3 is 2.19 bits per heavy atom. The summed E-state index contributed by atoms with van der Waals surface area (Å²) in [5.41, 5.74) is 3.03. The van der Waals surface area contributed by atoms with Crippen LogP contribution in [0, 0.1) is 0 Å². The van der Waals surface area contributed by atoms with Crippen molar-refractivity contribution in [3.05, 3.63) is 77.8 Å². The van der Waals surface area contributed by atoms with Gasteiger partial charge in [0.15, 0.2) is 0 Å². The lowest BCUT2D eigenvalue weighted by atomic mass is 10.0. The second kappa shape index (κ2) is 4.87. The van der Waals surface area contributed by atoms with Crippen LogP contribution < -0.4 is 0 Å². The average molecular weight is 290 g/mol. The highest BCUT2D eigenvalue weighted by Crippen LogP contribution is 2.32. The number of hydrogen-bond donors (Lipinski definition) is 0. The molecule has 0 aliphatic carbocycles. The van der Waals surface area contributed by atoms with Crippen LogP contribution in [0.2, 0.25) is 5.02 Å². The van der Waals surface area contributed by atoms with Crippen LogP contribution in [0.25, 0.3) is 32.9 Å². The molecule has 0 spiro atoms. The molecule has 1 heterocycles. The van der Waals surface area contributed by atoms with Crippen LogP contribution >= 0.6 is 11.6 Å². The number of benzene rings is 3. The molecule has 0 radical (unpaired) electrons. The summed E-state index contributed by atoms with van der Waals surface area (Å²) in [4.78, 5) is 4.86. The number of pyridine rings is 1. The first-order valence-electron chi connectivity index (χ1n) is 6.86. The minimum absolute atomic E-state index is 0.728. The van der Waals surface area contributed by atoms with E-state index < -0.39 is 0 Å². The van der Waals surface area contributed by atoms with Gasteiger partial charge in [-0.1, -0.05) is 66.2 Å². The van der Waals surface area contributed by atoms with Gasteiger partial charge in [0.2, 0.25) is 0 Å². The molecular weight excluding hydrogens is 278 g/mol. The van der Waals surface area contributed by atoms with Crippen molar-refractivity contribution >= 4 is 33.3 Å². The van der Waals surface area contributed by atoms with E-state index in [1.807, 2.05) is 30.3 Å². The van der Waals surface area contributed by atoms with E-state index in [0.29, 0.717) is 0 Å². The normalized spacial score (nSPS) is 11.1. The Bertz CT molecular complexity index is 960. The fourth-order valence-electron chi connectivity index (χ4n) is 2.76. The third-order valence-corrected chi connectivity index (χ3v) is 3.94. The van der Waals surface area contributed by atoms with Crippen molar-refractivity contribution in [2.45, 2.75) is 0 Å². The number of fused-ring (bicyclic) bond motifs is 3. The summed E-state index contributed by atoms with van der Waals surface area (Å²) in [5, 5.41) is 4.28. The summed E-state index contributed by atoms with van der Waals surface area (Å²) < 4.78 is 0. The van der Waals surface area contributed by atoms with Crippen LogP contribution in [0.4, 0.5) is 0 Å². The molecule has 0 amide bonds. The molecule has 4 rings (SSSR count). The molecule has 4 aromatic rings. The number of nitrogens with zero attached hydrogens (tertiary/aromatic N) is 1. The molecule has 0 fully saturated rings. The van der Waals surface area contributed by atoms with Crippen LogP contribution in [0.3, 0.4) is 0 Å². The number of aromatic nitrogens is 1. The molecule has 100 valence electrons. The Hall–Kier alpha value is -2.38. The van der Waals surface area contributed by atoms with Gasteiger partial charge in [-0.05, 0) is 23.6 Å². The first kappa shape index (κ1) is 12.4. The second-order valence-electron chi connectivity index (χ2n) is 5.03. The lowest BCUT2D eigenvalue weighted by molar-refractivity contribution is 1.43. The minimum Gasteiger partial charge on any atom is -0.247 e. The third kappa shape index (κ3) is 2.07. The predicted octanol–water partition coefficient (Wildman–Crippen LogP) is 5.71. The molecule has 0 atom stereocenters. The zero-order chi connectivity index (χ0) is 14.2. The van der Waals surface area contributed by atoms with Gasteiger partial charge in [0, 0.05) is 21.4 Å². The van der Waals surface area contributed by atoms with Gasteiger partial charge in [-0.15, -0.1) is 0 Å². The molecule has 2 heteroatoms. The number of para-hydroxylation sites is 1. The molecule has 0 aliphatic heterocycles. The molecular formula is C19H12ClN. The number of rotatable bonds is 1. The zero-order valence-electron chi connectivity index (χ0n) is 11.3. The Morgan fingerprint density at radius 2 is 1.38 bits per heavy atom. The van der Waals surface area contributed by atoms with E-state index in [2.05, 4.69) is 42.5 Å². The monoisotopic (exact) mass is 289 g/mol. The fourth-order valence-corrected chi connectivity index (χ4v) is 2.95. The molecule has 0 saturated carbocycles. The van der Waals surface area contributed by atoms with Crippen molar-refractivity contribution in [1.29, 1.82) is 0 Å². The Morgan fingerprint density at radius 1 is 0.667 bits per heavy atom. The second-order valence-corrected chi connectivity index (χ2v) is 5.47. The van der Waals surface area contributed by atoms with Gasteiger partial charge in [-0.2, -0.15) is 0 Å². The standard InChI is InChI=1S/C19H12ClN/c20-14-7-5-6-13(12-14)19-17-10-2-1-8-15(17)16-9-3-4-11-18(16)21-19/h1-12H. The highest BCUT2D eigenvalue weighted by molar-refractivity contribution is 6.31. The highest BCUT2D eigenvalue weighted by Gasteiger charge is 2.09. The van der Waals surface area contributed by atoms with Gasteiger partial charge in [-0.3, -0.25) is 0 Å². The molecule has 1 nitrogen and oxygen atoms in total. The van der Waals surface area contributed by atoms with Crippen molar-refractivity contribution < 1.29 is 0 Å². The number of hydrogen-bond acceptors (Lipinski definition) is 1. The Kier molecular flexibility index (Phi) is 2.87. The lowest BCUT2D eigenvalue weighted by Gasteiger charge is -2.10. The largest absolute Gasteiger partial charge is 0.247 e. The van der Waals surface area contributed by atoms with E-state index in [4.69, 9.17) is 16.6 Å². The van der Waals surface area contributed by atoms with Gasteiger partial charge in [-0.25, -0.2) is 4.98 Å². The molecule has 0 aliphatic rings. The van der Waals surface area contributed by atoms with E-state index in [9.17, 15) is 0 Å². The molecule has 0 saturated heterocycles. The van der Waals surface area contributed by atoms with Gasteiger partial charge in [0.25, 0.3) is 0 Å². The topological polar surface area (TPSA) is 12.9 Å². The first-order chi connectivity index (χ1) is 10.3. The van der Waals surface area contributed by atoms with Crippen LogP contribution in [-0.4, -0.2) is 4.98 Å². The summed E-state index contributed by atoms with van der Waals surface area (Å²) in [5.74, 6) is 0. The molecule has 1 aromatic heterocycles. The quantitative estimate of drug-likeness (QED) is 0.409. The van der Waals surface area contributed by atoms with Crippen LogP contribution in [-0.2, 0) is 0 Å². The van der Waals surface area contributed by atoms with Crippen LogP contribution in [0.5, 0.6) is 0 Å². The average Bonchev–Trinajstić information content (AvgIpc) is 2.54. The van der Waals surface area contributed by atoms with E-state index in [1.54, 1.807) is 0 Å². The van der Waals surface area contributed by atoms with Gasteiger partial charge in [0.1, 0.15) is 0 Å². The summed E-state index contributed by atoms with van der Waals surface area (Å²) in [6.07, 6.45) is 0. The summed E-state index contributed by atoms with van der Waals surface area (Å²) in [7, 11) is 0. The maximum atomic E-state index is 6.14. The highest BCUT2D eigenvalue weighted by atomic mass is 35.5. The van der Waals surface area contributed by atoms with Crippen LogP contribution in [0.15, 0.2) is 72.8 Å². The van der Waals surface area contributed by atoms with E-state index in [-0.39, 0.29) is 0 Å². The lowest BCUT2D eigenvalue weighted by Crippen LogP contribution is -1.89. The van der Waals surface area contributed by atoms with E-state index >= 15 is 0 Å². The van der Waals surface area contributed by atoms with Gasteiger partial charge < -0.3 is 0 Å². The van der Waals surface area contributed by atoms with E-state index in [1.165, 1.54) is 10.8 Å². The zero-order valence-corrected chi connectivity index (χ0v) is 12.0.